The van der Waals surface area contributed by atoms with Gasteiger partial charge in [0.2, 0.25) is 0 Å². The quantitative estimate of drug-likeness (QED) is 0.177. The largest absolute Gasteiger partial charge is 0.455 e. The summed E-state index contributed by atoms with van der Waals surface area (Å²) in [5.41, 5.74) is 9.13. The summed E-state index contributed by atoms with van der Waals surface area (Å²) in [4.78, 5) is 2.53. The van der Waals surface area contributed by atoms with Crippen LogP contribution in [-0.4, -0.2) is 0 Å². The molecule has 224 valence electrons. The fraction of sp³-hybridized carbons (Fsp3) is 0. The third-order valence-corrected chi connectivity index (χ3v) is 10.9. The van der Waals surface area contributed by atoms with E-state index >= 15 is 0 Å². The van der Waals surface area contributed by atoms with Gasteiger partial charge in [-0.05, 0) is 73.5 Å². The summed E-state index contributed by atoms with van der Waals surface area (Å²) < 4.78 is 6.93. The maximum Gasteiger partial charge on any atom is 0.143 e. The van der Waals surface area contributed by atoms with Gasteiger partial charge in [0, 0.05) is 37.0 Å². The molecule has 0 saturated heterocycles. The first-order valence-electron chi connectivity index (χ1n) is 16.3. The van der Waals surface area contributed by atoms with Crippen LogP contribution < -0.4 is 0 Å². The molecular weight excluding hydrogens is 601 g/mol. The lowest BCUT2D eigenvalue weighted by atomic mass is 9.85. The first kappa shape index (κ1) is 27.2. The Bertz CT molecular complexity index is 2820. The van der Waals surface area contributed by atoms with E-state index in [4.69, 9.17) is 4.42 Å². The predicted molar refractivity (Wildman–Crippen MR) is 206 cm³/mol. The number of rotatable bonds is 4. The van der Waals surface area contributed by atoms with E-state index in [0.29, 0.717) is 0 Å². The van der Waals surface area contributed by atoms with Crippen LogP contribution in [0.5, 0.6) is 0 Å². The molecule has 0 bridgehead atoms. The van der Waals surface area contributed by atoms with Crippen molar-refractivity contribution in [3.05, 3.63) is 170 Å². The molecule has 1 nitrogen and oxygen atoms in total. The Labute approximate surface area is 282 Å². The zero-order valence-corrected chi connectivity index (χ0v) is 26.8. The molecule has 48 heavy (non-hydrogen) atoms. The van der Waals surface area contributed by atoms with Crippen molar-refractivity contribution in [1.82, 2.24) is 0 Å². The van der Waals surface area contributed by atoms with Crippen LogP contribution in [-0.2, 0) is 0 Å². The van der Waals surface area contributed by atoms with Crippen molar-refractivity contribution in [3.8, 4) is 43.1 Å². The van der Waals surface area contributed by atoms with Crippen molar-refractivity contribution in [3.63, 3.8) is 0 Å². The summed E-state index contributed by atoms with van der Waals surface area (Å²) in [6, 6.07) is 61.4. The van der Waals surface area contributed by atoms with E-state index in [1.807, 2.05) is 11.3 Å². The highest BCUT2D eigenvalue weighted by molar-refractivity contribution is 7.18. The van der Waals surface area contributed by atoms with E-state index in [1.165, 1.54) is 64.5 Å². The van der Waals surface area contributed by atoms with E-state index in [1.54, 1.807) is 0 Å². The zero-order valence-electron chi connectivity index (χ0n) is 26.0. The minimum absolute atomic E-state index is 0.927. The number of para-hydroxylation sites is 1. The lowest BCUT2D eigenvalue weighted by Gasteiger charge is -2.18. The normalized spacial score (nSPS) is 11.8. The summed E-state index contributed by atoms with van der Waals surface area (Å²) in [6.45, 7) is 0. The van der Waals surface area contributed by atoms with Gasteiger partial charge in [-0.25, -0.2) is 0 Å². The Morgan fingerprint density at radius 3 is 1.71 bits per heavy atom. The van der Waals surface area contributed by atoms with Crippen LogP contribution in [0, 0.1) is 0 Å². The highest BCUT2D eigenvalue weighted by atomic mass is 32.1. The van der Waals surface area contributed by atoms with Gasteiger partial charge in [0.15, 0.2) is 0 Å². The van der Waals surface area contributed by atoms with Gasteiger partial charge in [-0.3, -0.25) is 0 Å². The van der Waals surface area contributed by atoms with Crippen molar-refractivity contribution in [2.45, 2.75) is 0 Å². The molecule has 2 aromatic heterocycles. The Balaban J connectivity index is 1.31. The van der Waals surface area contributed by atoms with Crippen LogP contribution in [0.15, 0.2) is 174 Å². The molecule has 0 unspecified atom stereocenters. The fourth-order valence-corrected chi connectivity index (χ4v) is 8.52. The number of hydrogen-bond donors (Lipinski definition) is 0. The smallest absolute Gasteiger partial charge is 0.143 e. The van der Waals surface area contributed by atoms with Gasteiger partial charge in [-0.1, -0.05) is 146 Å². The van der Waals surface area contributed by atoms with E-state index < -0.39 is 0 Å². The summed E-state index contributed by atoms with van der Waals surface area (Å²) in [7, 11) is 0. The molecule has 2 heterocycles. The standard InChI is InChI=1S/C46H28OS/c1-3-13-30(14-4-1)41-26-27-42(48-41)32-23-24-36-40(28-32)44(35-19-10-9-18-34(35)43(36)31-15-5-2-6-16-31)39-21-11-20-37-38-25-22-29-12-7-8-17-33(29)45(38)47-46(37)39/h1-28H. The molecule has 0 N–H and O–H groups in total. The fourth-order valence-electron chi connectivity index (χ4n) is 7.51. The van der Waals surface area contributed by atoms with Crippen molar-refractivity contribution < 1.29 is 4.42 Å². The average molecular weight is 629 g/mol. The van der Waals surface area contributed by atoms with Crippen LogP contribution in [0.4, 0.5) is 0 Å². The lowest BCUT2D eigenvalue weighted by molar-refractivity contribution is 0.674. The van der Waals surface area contributed by atoms with Crippen molar-refractivity contribution in [1.29, 1.82) is 0 Å². The molecule has 2 heteroatoms. The monoisotopic (exact) mass is 628 g/mol. The topological polar surface area (TPSA) is 13.1 Å². The summed E-state index contributed by atoms with van der Waals surface area (Å²) in [6.07, 6.45) is 0. The van der Waals surface area contributed by atoms with Gasteiger partial charge >= 0.3 is 0 Å². The molecule has 8 aromatic carbocycles. The molecule has 0 amide bonds. The van der Waals surface area contributed by atoms with Crippen LogP contribution in [0.2, 0.25) is 0 Å². The first-order chi connectivity index (χ1) is 23.8. The van der Waals surface area contributed by atoms with Crippen molar-refractivity contribution in [2.24, 2.45) is 0 Å². The third-order valence-electron chi connectivity index (χ3n) is 9.69. The van der Waals surface area contributed by atoms with Crippen LogP contribution in [0.25, 0.3) is 97.4 Å². The predicted octanol–water partition coefficient (Wildman–Crippen LogP) is 13.8. The van der Waals surface area contributed by atoms with Crippen LogP contribution in [0.1, 0.15) is 0 Å². The molecule has 10 aromatic rings. The first-order valence-corrected chi connectivity index (χ1v) is 17.2. The minimum Gasteiger partial charge on any atom is -0.455 e. The van der Waals surface area contributed by atoms with E-state index in [-0.39, 0.29) is 0 Å². The number of thiophene rings is 1. The maximum absolute atomic E-state index is 6.93. The second-order valence-electron chi connectivity index (χ2n) is 12.4. The highest BCUT2D eigenvalue weighted by Crippen LogP contribution is 2.48. The van der Waals surface area contributed by atoms with Gasteiger partial charge in [-0.15, -0.1) is 11.3 Å². The van der Waals surface area contributed by atoms with E-state index in [2.05, 4.69) is 170 Å². The van der Waals surface area contributed by atoms with Crippen LogP contribution >= 0.6 is 11.3 Å². The Morgan fingerprint density at radius 2 is 0.917 bits per heavy atom. The summed E-state index contributed by atoms with van der Waals surface area (Å²) >= 11 is 1.84. The van der Waals surface area contributed by atoms with Crippen molar-refractivity contribution in [2.75, 3.05) is 0 Å². The number of benzene rings is 8. The molecule has 0 fully saturated rings. The molecule has 0 spiro atoms. The molecular formula is C46H28OS. The second kappa shape index (κ2) is 10.8. The highest BCUT2D eigenvalue weighted by Gasteiger charge is 2.21. The molecule has 0 saturated carbocycles. The lowest BCUT2D eigenvalue weighted by Crippen LogP contribution is -1.91. The SMILES string of the molecule is c1ccc(-c2ccc(-c3ccc4c(-c5ccccc5)c5ccccc5c(-c5cccc6c5oc5c7ccccc7ccc65)c4c3)s2)cc1. The third kappa shape index (κ3) is 4.17. The number of furan rings is 1. The minimum atomic E-state index is 0.927. The molecule has 0 atom stereocenters. The Morgan fingerprint density at radius 1 is 0.333 bits per heavy atom. The van der Waals surface area contributed by atoms with Gasteiger partial charge in [0.1, 0.15) is 11.2 Å². The molecule has 0 aliphatic heterocycles. The zero-order chi connectivity index (χ0) is 31.6. The van der Waals surface area contributed by atoms with Gasteiger partial charge in [0.05, 0.1) is 0 Å². The van der Waals surface area contributed by atoms with Gasteiger partial charge < -0.3 is 4.42 Å². The summed E-state index contributed by atoms with van der Waals surface area (Å²) in [5, 5.41) is 9.52. The molecule has 0 aliphatic rings. The van der Waals surface area contributed by atoms with E-state index in [9.17, 15) is 0 Å². The Kier molecular flexibility index (Phi) is 6.12. The van der Waals surface area contributed by atoms with Gasteiger partial charge in [-0.2, -0.15) is 0 Å². The molecule has 0 aliphatic carbocycles. The van der Waals surface area contributed by atoms with E-state index in [0.717, 1.165) is 32.9 Å². The number of hydrogen-bond acceptors (Lipinski definition) is 2. The summed E-state index contributed by atoms with van der Waals surface area (Å²) in [5.74, 6) is 0. The maximum atomic E-state index is 6.93. The Hall–Kier alpha value is -5.96. The van der Waals surface area contributed by atoms with Crippen molar-refractivity contribution >= 4 is 65.6 Å². The number of fused-ring (bicyclic) bond motifs is 7. The van der Waals surface area contributed by atoms with Gasteiger partial charge in [0.25, 0.3) is 0 Å². The van der Waals surface area contributed by atoms with Crippen LogP contribution in [0.3, 0.4) is 0 Å². The average Bonchev–Trinajstić information content (AvgIpc) is 3.81. The second-order valence-corrected chi connectivity index (χ2v) is 13.5. The molecule has 0 radical (unpaired) electrons. The molecule has 10 rings (SSSR count).